The Morgan fingerprint density at radius 3 is 1.85 bits per heavy atom. The van der Waals surface area contributed by atoms with Crippen LogP contribution in [0.5, 0.6) is 0 Å². The summed E-state index contributed by atoms with van der Waals surface area (Å²) in [6.07, 6.45) is -3.81. The topological polar surface area (TPSA) is 0 Å². The molecule has 0 N–H and O–H groups in total. The standard InChI is InChI=1S/C6HF7/c7-1-2(8)4(10)6(12,13)5(11)3(1)9/h4H. The van der Waals surface area contributed by atoms with Gasteiger partial charge in [0.1, 0.15) is 0 Å². The van der Waals surface area contributed by atoms with Crippen LogP contribution in [0.25, 0.3) is 0 Å². The Balaban J connectivity index is 3.32. The Hall–Kier alpha value is -1.01. The highest BCUT2D eigenvalue weighted by molar-refractivity contribution is 5.36. The molecule has 0 spiro atoms. The van der Waals surface area contributed by atoms with Crippen LogP contribution in [0.1, 0.15) is 0 Å². The minimum absolute atomic E-state index is 2.56. The van der Waals surface area contributed by atoms with Gasteiger partial charge in [-0.05, 0) is 0 Å². The Labute approximate surface area is 67.3 Å². The van der Waals surface area contributed by atoms with Gasteiger partial charge in [-0.2, -0.15) is 8.78 Å². The molecule has 0 aliphatic heterocycles. The Morgan fingerprint density at radius 1 is 0.923 bits per heavy atom. The summed E-state index contributed by atoms with van der Waals surface area (Å²) < 4.78 is 84.9. The van der Waals surface area contributed by atoms with Gasteiger partial charge in [-0.3, -0.25) is 0 Å². The third kappa shape index (κ3) is 1.22. The minimum atomic E-state index is -4.98. The van der Waals surface area contributed by atoms with Crippen LogP contribution in [-0.4, -0.2) is 12.1 Å². The maximum atomic E-state index is 12.2. The molecule has 0 amide bonds. The molecule has 0 bridgehead atoms. The van der Waals surface area contributed by atoms with Crippen LogP contribution in [0.3, 0.4) is 0 Å². The molecule has 0 aromatic heterocycles. The first-order valence-electron chi connectivity index (χ1n) is 2.93. The van der Waals surface area contributed by atoms with E-state index in [0.29, 0.717) is 0 Å². The van der Waals surface area contributed by atoms with E-state index in [1.807, 2.05) is 0 Å². The Kier molecular flexibility index (Phi) is 2.13. The highest BCUT2D eigenvalue weighted by Crippen LogP contribution is 2.44. The second-order valence-electron chi connectivity index (χ2n) is 2.28. The van der Waals surface area contributed by atoms with Crippen LogP contribution in [0.15, 0.2) is 23.3 Å². The monoisotopic (exact) mass is 206 g/mol. The van der Waals surface area contributed by atoms with E-state index in [-0.39, 0.29) is 0 Å². The predicted octanol–water partition coefficient (Wildman–Crippen LogP) is 3.27. The Morgan fingerprint density at radius 2 is 1.38 bits per heavy atom. The van der Waals surface area contributed by atoms with E-state index in [0.717, 1.165) is 0 Å². The molecule has 0 aromatic carbocycles. The van der Waals surface area contributed by atoms with E-state index in [1.165, 1.54) is 0 Å². The molecule has 1 aliphatic rings. The first kappa shape index (κ1) is 10.1. The average Bonchev–Trinajstić information content (AvgIpc) is 2.09. The van der Waals surface area contributed by atoms with Gasteiger partial charge < -0.3 is 0 Å². The molecule has 1 atom stereocenters. The van der Waals surface area contributed by atoms with Gasteiger partial charge in [-0.25, -0.2) is 22.0 Å². The summed E-state index contributed by atoms with van der Waals surface area (Å²) in [4.78, 5) is 0. The van der Waals surface area contributed by atoms with E-state index >= 15 is 0 Å². The van der Waals surface area contributed by atoms with Crippen molar-refractivity contribution in [1.29, 1.82) is 0 Å². The van der Waals surface area contributed by atoms with Crippen LogP contribution in [0.2, 0.25) is 0 Å². The van der Waals surface area contributed by atoms with E-state index in [4.69, 9.17) is 0 Å². The van der Waals surface area contributed by atoms with Crippen LogP contribution >= 0.6 is 0 Å². The second-order valence-corrected chi connectivity index (χ2v) is 2.28. The van der Waals surface area contributed by atoms with E-state index in [2.05, 4.69) is 0 Å². The number of halogens is 7. The normalized spacial score (nSPS) is 28.4. The van der Waals surface area contributed by atoms with Crippen molar-refractivity contribution in [2.75, 3.05) is 0 Å². The summed E-state index contributed by atoms with van der Waals surface area (Å²) in [6.45, 7) is 0. The van der Waals surface area contributed by atoms with Crippen LogP contribution in [-0.2, 0) is 0 Å². The molecule has 0 heterocycles. The van der Waals surface area contributed by atoms with Crippen LogP contribution < -0.4 is 0 Å². The maximum absolute atomic E-state index is 12.2. The molecule has 74 valence electrons. The number of alkyl halides is 3. The maximum Gasteiger partial charge on any atom is 0.338 e. The van der Waals surface area contributed by atoms with E-state index < -0.39 is 35.4 Å². The lowest BCUT2D eigenvalue weighted by molar-refractivity contribution is -0.0559. The molecule has 0 saturated heterocycles. The fraction of sp³-hybridized carbons (Fsp3) is 0.333. The fourth-order valence-corrected chi connectivity index (χ4v) is 0.729. The zero-order valence-corrected chi connectivity index (χ0v) is 5.72. The third-order valence-electron chi connectivity index (χ3n) is 1.43. The van der Waals surface area contributed by atoms with Gasteiger partial charge in [0.15, 0.2) is 17.5 Å². The van der Waals surface area contributed by atoms with Crippen molar-refractivity contribution in [3.8, 4) is 0 Å². The fourth-order valence-electron chi connectivity index (χ4n) is 0.729. The zero-order valence-electron chi connectivity index (χ0n) is 5.72. The number of allylic oxidation sites excluding steroid dienone is 4. The lowest BCUT2D eigenvalue weighted by Crippen LogP contribution is -2.35. The number of hydrogen-bond donors (Lipinski definition) is 0. The molecule has 13 heavy (non-hydrogen) atoms. The first-order chi connectivity index (χ1) is 5.80. The first-order valence-corrected chi connectivity index (χ1v) is 2.93. The number of rotatable bonds is 0. The molecule has 1 aliphatic carbocycles. The molecule has 7 heteroatoms. The molecule has 0 nitrogen and oxygen atoms in total. The summed E-state index contributed by atoms with van der Waals surface area (Å²) in [7, 11) is 0. The number of hydrogen-bond acceptors (Lipinski definition) is 0. The van der Waals surface area contributed by atoms with E-state index in [9.17, 15) is 30.7 Å². The van der Waals surface area contributed by atoms with Gasteiger partial charge in [0.2, 0.25) is 12.0 Å². The van der Waals surface area contributed by atoms with Gasteiger partial charge in [-0.1, -0.05) is 0 Å². The highest BCUT2D eigenvalue weighted by Gasteiger charge is 2.54. The van der Waals surface area contributed by atoms with Crippen molar-refractivity contribution < 1.29 is 30.7 Å². The van der Waals surface area contributed by atoms with Crippen molar-refractivity contribution >= 4 is 0 Å². The molecule has 1 unspecified atom stereocenters. The summed E-state index contributed by atoms with van der Waals surface area (Å²) in [6, 6.07) is 0. The molecule has 0 fully saturated rings. The average molecular weight is 206 g/mol. The summed E-state index contributed by atoms with van der Waals surface area (Å²) in [5.41, 5.74) is 0. The molecule has 1 rings (SSSR count). The quantitative estimate of drug-likeness (QED) is 0.533. The highest BCUT2D eigenvalue weighted by atomic mass is 19.3. The molecule has 0 saturated carbocycles. The summed E-state index contributed by atoms with van der Waals surface area (Å²) >= 11 is 0. The van der Waals surface area contributed by atoms with Gasteiger partial charge in [0.05, 0.1) is 0 Å². The summed E-state index contributed by atoms with van der Waals surface area (Å²) in [5.74, 6) is -15.8. The van der Waals surface area contributed by atoms with E-state index in [1.54, 1.807) is 0 Å². The zero-order chi connectivity index (χ0) is 10.4. The van der Waals surface area contributed by atoms with Crippen molar-refractivity contribution in [2.45, 2.75) is 12.1 Å². The smallest absolute Gasteiger partial charge is 0.232 e. The van der Waals surface area contributed by atoms with Gasteiger partial charge in [-0.15, -0.1) is 0 Å². The minimum Gasteiger partial charge on any atom is -0.232 e. The predicted molar refractivity (Wildman–Crippen MR) is 28.3 cm³/mol. The van der Waals surface area contributed by atoms with Crippen molar-refractivity contribution in [1.82, 2.24) is 0 Å². The van der Waals surface area contributed by atoms with Crippen molar-refractivity contribution in [3.05, 3.63) is 23.3 Å². The van der Waals surface area contributed by atoms with Crippen molar-refractivity contribution in [3.63, 3.8) is 0 Å². The van der Waals surface area contributed by atoms with Crippen LogP contribution in [0, 0.1) is 0 Å². The van der Waals surface area contributed by atoms with Crippen LogP contribution in [0.4, 0.5) is 30.7 Å². The van der Waals surface area contributed by atoms with Gasteiger partial charge in [0.25, 0.3) is 0 Å². The lowest BCUT2D eigenvalue weighted by atomic mass is 10.1. The molecule has 0 radical (unpaired) electrons. The Bertz CT molecular complexity index is 300. The third-order valence-corrected chi connectivity index (χ3v) is 1.43. The lowest BCUT2D eigenvalue weighted by Gasteiger charge is -2.21. The second kappa shape index (κ2) is 2.74. The molecular formula is C6HF7. The molecule has 0 aromatic rings. The summed E-state index contributed by atoms with van der Waals surface area (Å²) in [5, 5.41) is 0. The van der Waals surface area contributed by atoms with Crippen molar-refractivity contribution in [2.24, 2.45) is 0 Å². The van der Waals surface area contributed by atoms with Gasteiger partial charge >= 0.3 is 5.92 Å². The SMILES string of the molecule is FC1=C(F)C(F)C(F)(F)C(F)=C1F. The molecular weight excluding hydrogens is 205 g/mol. The van der Waals surface area contributed by atoms with Gasteiger partial charge in [0, 0.05) is 0 Å². The largest absolute Gasteiger partial charge is 0.338 e.